The van der Waals surface area contributed by atoms with E-state index < -0.39 is 0 Å². The normalized spacial score (nSPS) is 10.9. The summed E-state index contributed by atoms with van der Waals surface area (Å²) in [6, 6.07) is 19.4. The van der Waals surface area contributed by atoms with Gasteiger partial charge in [0.05, 0.1) is 0 Å². The summed E-state index contributed by atoms with van der Waals surface area (Å²) in [6.45, 7) is 0.933. The van der Waals surface area contributed by atoms with E-state index in [2.05, 4.69) is 71.6 Å². The maximum absolute atomic E-state index is 2.30. The van der Waals surface area contributed by atoms with E-state index >= 15 is 0 Å². The first kappa shape index (κ1) is 11.4. The Kier molecular flexibility index (Phi) is 3.11. The van der Waals surface area contributed by atoms with Crippen molar-refractivity contribution in [3.05, 3.63) is 66.4 Å². The van der Waals surface area contributed by atoms with Crippen LogP contribution in [-0.2, 0) is 6.54 Å². The fourth-order valence-electron chi connectivity index (χ4n) is 2.22. The van der Waals surface area contributed by atoms with E-state index in [1.807, 2.05) is 0 Å². The Hall–Kier alpha value is -1.67. The largest absolute Gasteiger partial charge is 0.343 e. The minimum atomic E-state index is 0.933. The molecule has 0 radical (unpaired) electrons. The van der Waals surface area contributed by atoms with E-state index in [9.17, 15) is 0 Å². The van der Waals surface area contributed by atoms with Crippen LogP contribution in [0.4, 0.5) is 0 Å². The molecule has 2 aromatic carbocycles. The lowest BCUT2D eigenvalue weighted by Crippen LogP contribution is -1.97. The van der Waals surface area contributed by atoms with Crippen LogP contribution in [0.3, 0.4) is 0 Å². The Balaban J connectivity index is 1.98. The van der Waals surface area contributed by atoms with Crippen LogP contribution in [0.5, 0.6) is 0 Å². The highest BCUT2D eigenvalue weighted by atomic mass is 32.2. The smallest absolute Gasteiger partial charge is 0.0484 e. The highest BCUT2D eigenvalue weighted by Gasteiger charge is 2.02. The molecule has 0 aliphatic carbocycles. The molecule has 3 aromatic rings. The highest BCUT2D eigenvalue weighted by Crippen LogP contribution is 2.23. The lowest BCUT2D eigenvalue weighted by molar-refractivity contribution is 0.837. The van der Waals surface area contributed by atoms with Gasteiger partial charge >= 0.3 is 0 Å². The second-order valence-corrected chi connectivity index (χ2v) is 5.23. The molecule has 90 valence electrons. The Bertz CT molecular complexity index is 655. The zero-order chi connectivity index (χ0) is 12.4. The zero-order valence-corrected chi connectivity index (χ0v) is 11.2. The molecule has 0 N–H and O–H groups in total. The summed E-state index contributed by atoms with van der Waals surface area (Å²) in [5.74, 6) is 0. The summed E-state index contributed by atoms with van der Waals surface area (Å²) >= 11 is 1.79. The van der Waals surface area contributed by atoms with E-state index in [1.165, 1.54) is 21.4 Å². The number of fused-ring (bicyclic) bond motifs is 1. The van der Waals surface area contributed by atoms with Crippen LogP contribution < -0.4 is 0 Å². The van der Waals surface area contributed by atoms with Crippen molar-refractivity contribution in [1.29, 1.82) is 0 Å². The highest BCUT2D eigenvalue weighted by molar-refractivity contribution is 7.98. The number of thioether (sulfide) groups is 1. The standard InChI is InChI=1S/C16H15NS/c1-18-15-7-8-16-14(11-15)9-10-17(16)12-13-5-3-2-4-6-13/h2-11H,12H2,1H3. The van der Waals surface area contributed by atoms with Crippen LogP contribution in [0.2, 0.25) is 0 Å². The maximum Gasteiger partial charge on any atom is 0.0484 e. The Morgan fingerprint density at radius 2 is 1.83 bits per heavy atom. The molecule has 2 heteroatoms. The number of benzene rings is 2. The summed E-state index contributed by atoms with van der Waals surface area (Å²) in [5, 5.41) is 1.32. The predicted octanol–water partition coefficient (Wildman–Crippen LogP) is 4.41. The summed E-state index contributed by atoms with van der Waals surface area (Å²) < 4.78 is 2.30. The minimum Gasteiger partial charge on any atom is -0.343 e. The molecule has 1 aromatic heterocycles. The summed E-state index contributed by atoms with van der Waals surface area (Å²) in [4.78, 5) is 1.32. The molecule has 0 saturated heterocycles. The predicted molar refractivity (Wildman–Crippen MR) is 79.3 cm³/mol. The number of nitrogens with zero attached hydrogens (tertiary/aromatic N) is 1. The Labute approximate surface area is 111 Å². The van der Waals surface area contributed by atoms with Gasteiger partial charge in [0, 0.05) is 28.5 Å². The lowest BCUT2D eigenvalue weighted by Gasteiger charge is -2.06. The van der Waals surface area contributed by atoms with Crippen LogP contribution in [0.25, 0.3) is 10.9 Å². The van der Waals surface area contributed by atoms with Gasteiger partial charge in [-0.15, -0.1) is 11.8 Å². The Morgan fingerprint density at radius 3 is 2.61 bits per heavy atom. The fraction of sp³-hybridized carbons (Fsp3) is 0.125. The van der Waals surface area contributed by atoms with Gasteiger partial charge in [-0.05, 0) is 36.1 Å². The van der Waals surface area contributed by atoms with E-state index in [1.54, 1.807) is 11.8 Å². The Morgan fingerprint density at radius 1 is 1.00 bits per heavy atom. The molecule has 0 spiro atoms. The van der Waals surface area contributed by atoms with Crippen molar-refractivity contribution in [2.75, 3.05) is 6.26 Å². The van der Waals surface area contributed by atoms with Crippen molar-refractivity contribution in [3.63, 3.8) is 0 Å². The van der Waals surface area contributed by atoms with Gasteiger partial charge in [-0.2, -0.15) is 0 Å². The van der Waals surface area contributed by atoms with Gasteiger partial charge in [-0.1, -0.05) is 30.3 Å². The second-order valence-electron chi connectivity index (χ2n) is 4.35. The molecule has 3 rings (SSSR count). The van der Waals surface area contributed by atoms with Gasteiger partial charge in [-0.3, -0.25) is 0 Å². The van der Waals surface area contributed by atoms with Gasteiger partial charge in [0.2, 0.25) is 0 Å². The third-order valence-electron chi connectivity index (χ3n) is 3.17. The van der Waals surface area contributed by atoms with Crippen LogP contribution in [0, 0.1) is 0 Å². The SMILES string of the molecule is CSc1ccc2c(ccn2Cc2ccccc2)c1. The molecule has 0 saturated carbocycles. The molecule has 0 atom stereocenters. The number of hydrogen-bond acceptors (Lipinski definition) is 1. The first-order valence-electron chi connectivity index (χ1n) is 6.03. The van der Waals surface area contributed by atoms with Crippen molar-refractivity contribution >= 4 is 22.7 Å². The van der Waals surface area contributed by atoms with Gasteiger partial charge in [0.15, 0.2) is 0 Å². The van der Waals surface area contributed by atoms with Crippen molar-refractivity contribution in [3.8, 4) is 0 Å². The summed E-state index contributed by atoms with van der Waals surface area (Å²) in [5.41, 5.74) is 2.64. The zero-order valence-electron chi connectivity index (χ0n) is 10.3. The molecule has 1 nitrogen and oxygen atoms in total. The molecular weight excluding hydrogens is 238 g/mol. The van der Waals surface area contributed by atoms with Crippen molar-refractivity contribution in [2.24, 2.45) is 0 Å². The second kappa shape index (κ2) is 4.91. The van der Waals surface area contributed by atoms with Gasteiger partial charge in [-0.25, -0.2) is 0 Å². The number of aromatic nitrogens is 1. The topological polar surface area (TPSA) is 4.93 Å². The van der Waals surface area contributed by atoms with E-state index in [-0.39, 0.29) is 0 Å². The third-order valence-corrected chi connectivity index (χ3v) is 3.90. The van der Waals surface area contributed by atoms with Crippen molar-refractivity contribution < 1.29 is 0 Å². The average molecular weight is 253 g/mol. The molecule has 0 aliphatic rings. The maximum atomic E-state index is 2.30. The van der Waals surface area contributed by atoms with Crippen molar-refractivity contribution in [2.45, 2.75) is 11.4 Å². The van der Waals surface area contributed by atoms with Crippen LogP contribution in [-0.4, -0.2) is 10.8 Å². The summed E-state index contributed by atoms with van der Waals surface area (Å²) in [6.07, 6.45) is 4.28. The monoisotopic (exact) mass is 253 g/mol. The van der Waals surface area contributed by atoms with E-state index in [0.29, 0.717) is 0 Å². The lowest BCUT2D eigenvalue weighted by atomic mass is 10.2. The van der Waals surface area contributed by atoms with Crippen molar-refractivity contribution in [1.82, 2.24) is 4.57 Å². The molecule has 0 bridgehead atoms. The molecule has 1 heterocycles. The fourth-order valence-corrected chi connectivity index (χ4v) is 2.67. The van der Waals surface area contributed by atoms with Gasteiger partial charge in [0.1, 0.15) is 0 Å². The van der Waals surface area contributed by atoms with Crippen LogP contribution in [0.1, 0.15) is 5.56 Å². The van der Waals surface area contributed by atoms with Gasteiger partial charge in [0.25, 0.3) is 0 Å². The molecular formula is C16H15NS. The first-order valence-corrected chi connectivity index (χ1v) is 7.26. The van der Waals surface area contributed by atoms with E-state index in [4.69, 9.17) is 0 Å². The average Bonchev–Trinajstić information content (AvgIpc) is 2.82. The van der Waals surface area contributed by atoms with Crippen LogP contribution >= 0.6 is 11.8 Å². The molecule has 18 heavy (non-hydrogen) atoms. The van der Waals surface area contributed by atoms with Crippen LogP contribution in [0.15, 0.2) is 65.7 Å². The van der Waals surface area contributed by atoms with E-state index in [0.717, 1.165) is 6.54 Å². The molecule has 0 amide bonds. The third kappa shape index (κ3) is 2.16. The molecule has 0 fully saturated rings. The quantitative estimate of drug-likeness (QED) is 0.626. The number of hydrogen-bond donors (Lipinski definition) is 0. The first-order chi connectivity index (χ1) is 8.86. The molecule has 0 aliphatic heterocycles. The summed E-state index contributed by atoms with van der Waals surface area (Å²) in [7, 11) is 0. The minimum absolute atomic E-state index is 0.933. The molecule has 0 unspecified atom stereocenters. The number of rotatable bonds is 3. The van der Waals surface area contributed by atoms with Gasteiger partial charge < -0.3 is 4.57 Å².